The molecule has 0 bridgehead atoms. The van der Waals surface area contributed by atoms with Crippen molar-refractivity contribution in [2.24, 2.45) is 0 Å². The lowest BCUT2D eigenvalue weighted by Gasteiger charge is -2.12. The zero-order chi connectivity index (χ0) is 15.7. The number of benzene rings is 1. The molecule has 0 N–H and O–H groups in total. The van der Waals surface area contributed by atoms with Crippen LogP contribution in [0.5, 0.6) is 0 Å². The van der Waals surface area contributed by atoms with E-state index in [0.29, 0.717) is 17.1 Å². The van der Waals surface area contributed by atoms with E-state index >= 15 is 0 Å². The largest absolute Gasteiger partial charge is 0.343 e. The second kappa shape index (κ2) is 6.39. The maximum Gasteiger partial charge on any atom is 0.208 e. The maximum absolute atomic E-state index is 13.9. The van der Waals surface area contributed by atoms with Crippen LogP contribution in [0.3, 0.4) is 0 Å². The van der Waals surface area contributed by atoms with Crippen LogP contribution in [0.25, 0.3) is 10.6 Å². The molecule has 22 heavy (non-hydrogen) atoms. The zero-order valence-corrected chi connectivity index (χ0v) is 15.1. The minimum atomic E-state index is -0.302. The minimum Gasteiger partial charge on any atom is -0.343 e. The summed E-state index contributed by atoms with van der Waals surface area (Å²) in [4.78, 5) is 6.40. The molecule has 2 heterocycles. The first-order valence-corrected chi connectivity index (χ1v) is 8.93. The molecule has 0 spiro atoms. The lowest BCUT2D eigenvalue weighted by molar-refractivity contribution is 0.630. The number of thiazole rings is 1. The maximum atomic E-state index is 13.9. The van der Waals surface area contributed by atoms with Gasteiger partial charge in [-0.3, -0.25) is 0 Å². The van der Waals surface area contributed by atoms with E-state index in [1.165, 1.54) is 17.4 Å². The fourth-order valence-electron chi connectivity index (χ4n) is 1.89. The van der Waals surface area contributed by atoms with Gasteiger partial charge in [-0.25, -0.2) is 9.37 Å². The summed E-state index contributed by atoms with van der Waals surface area (Å²) in [6.45, 7) is 2.63. The number of hydrogen-bond acceptors (Lipinski definition) is 6. The smallest absolute Gasteiger partial charge is 0.208 e. The van der Waals surface area contributed by atoms with Gasteiger partial charge in [0, 0.05) is 28.2 Å². The molecule has 0 fully saturated rings. The summed E-state index contributed by atoms with van der Waals surface area (Å²) in [5.74, 6) is -0.302. The van der Waals surface area contributed by atoms with Gasteiger partial charge in [-0.1, -0.05) is 27.3 Å². The van der Waals surface area contributed by atoms with Crippen molar-refractivity contribution in [2.45, 2.75) is 13.5 Å². The number of hydrogen-bond donors (Lipinski definition) is 0. The first-order chi connectivity index (χ1) is 10.5. The van der Waals surface area contributed by atoms with Crippen LogP contribution < -0.4 is 4.90 Å². The van der Waals surface area contributed by atoms with Gasteiger partial charge in [0.1, 0.15) is 10.8 Å². The van der Waals surface area contributed by atoms with Crippen LogP contribution in [-0.2, 0) is 6.54 Å². The quantitative estimate of drug-likeness (QED) is 0.648. The Labute approximate surface area is 143 Å². The SMILES string of the molecule is Cc1csc(CN(C)c2nnc(-c3cc(Br)ccc3F)s2)n1. The van der Waals surface area contributed by atoms with Gasteiger partial charge in [0.15, 0.2) is 5.01 Å². The van der Waals surface area contributed by atoms with Gasteiger partial charge in [-0.05, 0) is 25.1 Å². The number of anilines is 1. The number of aryl methyl sites for hydroxylation is 1. The Hall–Kier alpha value is -1.38. The minimum absolute atomic E-state index is 0.302. The molecule has 0 saturated carbocycles. The Balaban J connectivity index is 1.82. The predicted molar refractivity (Wildman–Crippen MR) is 92.0 cm³/mol. The van der Waals surface area contributed by atoms with Crippen LogP contribution >= 0.6 is 38.6 Å². The Bertz CT molecular complexity index is 802. The first kappa shape index (κ1) is 15.5. The first-order valence-electron chi connectivity index (χ1n) is 6.44. The molecule has 0 amide bonds. The summed E-state index contributed by atoms with van der Waals surface area (Å²) in [5.41, 5.74) is 1.47. The van der Waals surface area contributed by atoms with Crippen molar-refractivity contribution in [3.8, 4) is 10.6 Å². The summed E-state index contributed by atoms with van der Waals surface area (Å²) in [6.07, 6.45) is 0. The Morgan fingerprint density at radius 2 is 2.14 bits per heavy atom. The van der Waals surface area contributed by atoms with E-state index in [2.05, 4.69) is 31.1 Å². The molecule has 0 atom stereocenters. The summed E-state index contributed by atoms with van der Waals surface area (Å²) >= 11 is 6.33. The Morgan fingerprint density at radius 1 is 1.32 bits per heavy atom. The zero-order valence-electron chi connectivity index (χ0n) is 11.9. The van der Waals surface area contributed by atoms with Crippen molar-refractivity contribution in [3.63, 3.8) is 0 Å². The molecule has 0 saturated heterocycles. The van der Waals surface area contributed by atoms with Crippen molar-refractivity contribution in [2.75, 3.05) is 11.9 Å². The normalized spacial score (nSPS) is 10.9. The standard InChI is InChI=1S/C14H12BrFN4S2/c1-8-7-21-12(17-8)6-20(2)14-19-18-13(22-14)10-5-9(15)3-4-11(10)16/h3-5,7H,6H2,1-2H3. The third-order valence-electron chi connectivity index (χ3n) is 2.94. The highest BCUT2D eigenvalue weighted by atomic mass is 79.9. The Morgan fingerprint density at radius 3 is 2.86 bits per heavy atom. The lowest BCUT2D eigenvalue weighted by Crippen LogP contribution is -2.15. The van der Waals surface area contributed by atoms with E-state index in [9.17, 15) is 4.39 Å². The van der Waals surface area contributed by atoms with E-state index < -0.39 is 0 Å². The van der Waals surface area contributed by atoms with Gasteiger partial charge < -0.3 is 4.90 Å². The molecule has 1 aromatic carbocycles. The topological polar surface area (TPSA) is 41.9 Å². The van der Waals surface area contributed by atoms with Gasteiger partial charge in [-0.15, -0.1) is 21.5 Å². The van der Waals surface area contributed by atoms with Crippen molar-refractivity contribution in [1.82, 2.24) is 15.2 Å². The summed E-state index contributed by atoms with van der Waals surface area (Å²) < 4.78 is 14.7. The highest BCUT2D eigenvalue weighted by Crippen LogP contribution is 2.32. The van der Waals surface area contributed by atoms with Gasteiger partial charge in [0.25, 0.3) is 0 Å². The second-order valence-corrected chi connectivity index (χ2v) is 7.57. The highest BCUT2D eigenvalue weighted by Gasteiger charge is 2.15. The molecule has 3 aromatic rings. The third kappa shape index (κ3) is 3.34. The number of aromatic nitrogens is 3. The molecule has 8 heteroatoms. The number of halogens is 2. The van der Waals surface area contributed by atoms with E-state index in [-0.39, 0.29) is 5.82 Å². The predicted octanol–water partition coefficient (Wildman–Crippen LogP) is 4.51. The summed E-state index contributed by atoms with van der Waals surface area (Å²) in [6, 6.07) is 4.80. The van der Waals surface area contributed by atoms with Gasteiger partial charge in [0.2, 0.25) is 5.13 Å². The van der Waals surface area contributed by atoms with E-state index in [4.69, 9.17) is 0 Å². The average Bonchev–Trinajstić information content (AvgIpc) is 3.11. The number of nitrogens with zero attached hydrogens (tertiary/aromatic N) is 4. The van der Waals surface area contributed by atoms with E-state index in [1.54, 1.807) is 23.5 Å². The molecule has 4 nitrogen and oxygen atoms in total. The van der Waals surface area contributed by atoms with Crippen molar-refractivity contribution < 1.29 is 4.39 Å². The summed E-state index contributed by atoms with van der Waals surface area (Å²) in [7, 11) is 1.93. The molecule has 0 radical (unpaired) electrons. The Kier molecular flexibility index (Phi) is 4.51. The fourth-order valence-corrected chi connectivity index (χ4v) is 3.89. The van der Waals surface area contributed by atoms with Gasteiger partial charge in [0.05, 0.1) is 6.54 Å². The van der Waals surface area contributed by atoms with Crippen LogP contribution in [0.2, 0.25) is 0 Å². The van der Waals surface area contributed by atoms with Crippen molar-refractivity contribution in [3.05, 3.63) is 44.6 Å². The van der Waals surface area contributed by atoms with Crippen molar-refractivity contribution >= 4 is 43.7 Å². The van der Waals surface area contributed by atoms with E-state index in [0.717, 1.165) is 20.3 Å². The van der Waals surface area contributed by atoms with Crippen LogP contribution in [0.15, 0.2) is 28.1 Å². The highest BCUT2D eigenvalue weighted by molar-refractivity contribution is 9.10. The molecule has 114 valence electrons. The molecular weight excluding hydrogens is 387 g/mol. The average molecular weight is 399 g/mol. The molecular formula is C14H12BrFN4S2. The molecule has 3 rings (SSSR count). The second-order valence-electron chi connectivity index (χ2n) is 4.75. The van der Waals surface area contributed by atoms with Crippen LogP contribution in [0.4, 0.5) is 9.52 Å². The van der Waals surface area contributed by atoms with Crippen LogP contribution in [-0.4, -0.2) is 22.2 Å². The number of rotatable bonds is 4. The van der Waals surface area contributed by atoms with Crippen molar-refractivity contribution in [1.29, 1.82) is 0 Å². The lowest BCUT2D eigenvalue weighted by atomic mass is 10.2. The molecule has 2 aromatic heterocycles. The summed E-state index contributed by atoms with van der Waals surface area (Å²) in [5, 5.41) is 12.6. The van der Waals surface area contributed by atoms with Gasteiger partial charge >= 0.3 is 0 Å². The van der Waals surface area contributed by atoms with Crippen LogP contribution in [0.1, 0.15) is 10.7 Å². The molecule has 0 unspecified atom stereocenters. The fraction of sp³-hybridized carbons (Fsp3) is 0.214. The van der Waals surface area contributed by atoms with Crippen LogP contribution in [0, 0.1) is 12.7 Å². The molecule has 0 aliphatic heterocycles. The third-order valence-corrected chi connectivity index (χ3v) is 5.45. The molecule has 0 aliphatic rings. The van der Waals surface area contributed by atoms with Gasteiger partial charge in [-0.2, -0.15) is 0 Å². The molecule has 0 aliphatic carbocycles. The monoisotopic (exact) mass is 398 g/mol. The van der Waals surface area contributed by atoms with E-state index in [1.807, 2.05) is 24.3 Å².